The molecule has 0 saturated heterocycles. The molecule has 0 N–H and O–H groups in total. The molecule has 0 spiro atoms. The van der Waals surface area contributed by atoms with Crippen molar-refractivity contribution in [2.24, 2.45) is 0 Å². The Morgan fingerprint density at radius 3 is 2.67 bits per heavy atom. The number of ether oxygens (including phenoxy) is 1. The summed E-state index contributed by atoms with van der Waals surface area (Å²) < 4.78 is 29.2. The number of Topliss-reactive ketones (excluding diaryl/α,β-unsaturated/α-hetero) is 1. The minimum atomic E-state index is -3.52. The van der Waals surface area contributed by atoms with Gasteiger partial charge >= 0.3 is 0 Å². The van der Waals surface area contributed by atoms with E-state index in [0.29, 0.717) is 6.61 Å². The van der Waals surface area contributed by atoms with Crippen molar-refractivity contribution < 1.29 is 17.9 Å². The lowest BCUT2D eigenvalue weighted by Crippen LogP contribution is -2.19. The summed E-state index contributed by atoms with van der Waals surface area (Å²) in [5, 5.41) is 1.02. The third kappa shape index (κ3) is 2.37. The summed E-state index contributed by atoms with van der Waals surface area (Å²) in [6.45, 7) is 2.50. The number of sulfone groups is 1. The van der Waals surface area contributed by atoms with Gasteiger partial charge in [-0.15, -0.1) is 0 Å². The molecule has 1 aromatic rings. The van der Waals surface area contributed by atoms with Gasteiger partial charge in [-0.1, -0.05) is 19.1 Å². The van der Waals surface area contributed by atoms with Crippen LogP contribution in [0.5, 0.6) is 0 Å². The molecular weight excluding hydrogens is 252 g/mol. The second-order valence-corrected chi connectivity index (χ2v) is 5.83. The maximum atomic E-state index is 12.1. The average Bonchev–Trinajstić information content (AvgIpc) is 2.36. The van der Waals surface area contributed by atoms with Crippen molar-refractivity contribution >= 4 is 15.6 Å². The molecular formula is C13H14O4S. The zero-order chi connectivity index (χ0) is 13.2. The van der Waals surface area contributed by atoms with Crippen LogP contribution in [0.4, 0.5) is 0 Å². The molecule has 2 rings (SSSR count). The fraction of sp³-hybridized carbons (Fsp3) is 0.308. The van der Waals surface area contributed by atoms with E-state index >= 15 is 0 Å². The lowest BCUT2D eigenvalue weighted by Gasteiger charge is -2.15. The zero-order valence-corrected chi connectivity index (χ0v) is 10.9. The van der Waals surface area contributed by atoms with Gasteiger partial charge in [-0.3, -0.25) is 4.79 Å². The molecule has 0 aliphatic carbocycles. The summed E-state index contributed by atoms with van der Waals surface area (Å²) in [7, 11) is -3.52. The van der Waals surface area contributed by atoms with Gasteiger partial charge in [0.25, 0.3) is 0 Å². The van der Waals surface area contributed by atoms with E-state index in [4.69, 9.17) is 4.74 Å². The number of carbonyl (C=O) groups is 1. The Morgan fingerprint density at radius 1 is 1.22 bits per heavy atom. The molecule has 96 valence electrons. The molecule has 18 heavy (non-hydrogen) atoms. The first-order valence-electron chi connectivity index (χ1n) is 5.73. The van der Waals surface area contributed by atoms with Crippen molar-refractivity contribution in [1.82, 2.24) is 0 Å². The maximum absolute atomic E-state index is 12.1. The molecule has 0 saturated carbocycles. The highest BCUT2D eigenvalue weighted by atomic mass is 32.2. The van der Waals surface area contributed by atoms with Crippen LogP contribution in [0.3, 0.4) is 0 Å². The standard InChI is InChI=1S/C13H14O4S/c1-2-7-17-8-10-9-18(15,16)12-6-4-3-5-11(12)13(10)14/h3-6,9H,2,7-8H2,1H3. The molecule has 0 fully saturated rings. The molecule has 0 aromatic heterocycles. The number of hydrogen-bond donors (Lipinski definition) is 0. The highest BCUT2D eigenvalue weighted by Crippen LogP contribution is 2.27. The van der Waals surface area contributed by atoms with Crippen LogP contribution in [-0.4, -0.2) is 27.4 Å². The Bertz CT molecular complexity index is 599. The highest BCUT2D eigenvalue weighted by molar-refractivity contribution is 7.94. The van der Waals surface area contributed by atoms with E-state index in [-0.39, 0.29) is 28.4 Å². The molecule has 5 heteroatoms. The summed E-state index contributed by atoms with van der Waals surface area (Å²) in [5.74, 6) is -0.267. The first kappa shape index (κ1) is 13.0. The molecule has 0 amide bonds. The van der Waals surface area contributed by atoms with Gasteiger partial charge in [-0.05, 0) is 18.6 Å². The zero-order valence-electron chi connectivity index (χ0n) is 10.0. The molecule has 1 aromatic carbocycles. The lowest BCUT2D eigenvalue weighted by atomic mass is 10.1. The molecule has 1 aliphatic rings. The average molecular weight is 266 g/mol. The summed E-state index contributed by atoms with van der Waals surface area (Å²) in [4.78, 5) is 12.2. The largest absolute Gasteiger partial charge is 0.377 e. The van der Waals surface area contributed by atoms with Crippen LogP contribution in [0, 0.1) is 0 Å². The smallest absolute Gasteiger partial charge is 0.201 e. The fourth-order valence-corrected chi connectivity index (χ4v) is 3.22. The molecule has 0 unspecified atom stereocenters. The Kier molecular flexibility index (Phi) is 3.63. The number of carbonyl (C=O) groups excluding carboxylic acids is 1. The fourth-order valence-electron chi connectivity index (χ4n) is 1.81. The monoisotopic (exact) mass is 266 g/mol. The predicted molar refractivity (Wildman–Crippen MR) is 67.2 cm³/mol. The Hall–Kier alpha value is -1.46. The van der Waals surface area contributed by atoms with Crippen LogP contribution < -0.4 is 0 Å². The molecule has 0 bridgehead atoms. The molecule has 0 radical (unpaired) electrons. The number of benzene rings is 1. The van der Waals surface area contributed by atoms with E-state index in [9.17, 15) is 13.2 Å². The number of hydrogen-bond acceptors (Lipinski definition) is 4. The van der Waals surface area contributed by atoms with E-state index in [1.165, 1.54) is 12.1 Å². The molecule has 1 aliphatic heterocycles. The van der Waals surface area contributed by atoms with Gasteiger partial charge in [-0.2, -0.15) is 0 Å². The van der Waals surface area contributed by atoms with E-state index in [1.807, 2.05) is 6.92 Å². The SMILES string of the molecule is CCCOCC1=CS(=O)(=O)c2ccccc2C1=O. The topological polar surface area (TPSA) is 60.4 Å². The van der Waals surface area contributed by atoms with Gasteiger partial charge in [0, 0.05) is 23.2 Å². The van der Waals surface area contributed by atoms with Crippen molar-refractivity contribution in [3.05, 3.63) is 40.8 Å². The normalized spacial score (nSPS) is 17.2. The van der Waals surface area contributed by atoms with Crippen LogP contribution in [0.2, 0.25) is 0 Å². The Morgan fingerprint density at radius 2 is 1.94 bits per heavy atom. The van der Waals surface area contributed by atoms with E-state index in [1.54, 1.807) is 12.1 Å². The first-order valence-corrected chi connectivity index (χ1v) is 7.28. The molecule has 0 atom stereocenters. The second-order valence-electron chi connectivity index (χ2n) is 4.07. The lowest BCUT2D eigenvalue weighted by molar-refractivity contribution is 0.0979. The van der Waals surface area contributed by atoms with Crippen molar-refractivity contribution in [3.63, 3.8) is 0 Å². The minimum Gasteiger partial charge on any atom is -0.377 e. The van der Waals surface area contributed by atoms with Gasteiger partial charge in [0.2, 0.25) is 9.84 Å². The van der Waals surface area contributed by atoms with Crippen LogP contribution in [-0.2, 0) is 14.6 Å². The van der Waals surface area contributed by atoms with Gasteiger partial charge in [0.15, 0.2) is 5.78 Å². The minimum absolute atomic E-state index is 0.0419. The van der Waals surface area contributed by atoms with Crippen LogP contribution in [0.15, 0.2) is 40.1 Å². The van der Waals surface area contributed by atoms with Crippen molar-refractivity contribution in [1.29, 1.82) is 0 Å². The predicted octanol–water partition coefficient (Wildman–Crippen LogP) is 1.97. The first-order chi connectivity index (χ1) is 8.56. The summed E-state index contributed by atoms with van der Waals surface area (Å²) in [5.41, 5.74) is 0.428. The highest BCUT2D eigenvalue weighted by Gasteiger charge is 2.29. The Balaban J connectivity index is 2.37. The van der Waals surface area contributed by atoms with Crippen molar-refractivity contribution in [2.45, 2.75) is 18.2 Å². The van der Waals surface area contributed by atoms with E-state index in [2.05, 4.69) is 0 Å². The van der Waals surface area contributed by atoms with Gasteiger partial charge in [0.05, 0.1) is 11.5 Å². The van der Waals surface area contributed by atoms with E-state index in [0.717, 1.165) is 11.8 Å². The quantitative estimate of drug-likeness (QED) is 0.782. The second kappa shape index (κ2) is 5.04. The van der Waals surface area contributed by atoms with Crippen LogP contribution >= 0.6 is 0 Å². The third-order valence-electron chi connectivity index (χ3n) is 2.63. The van der Waals surface area contributed by atoms with Gasteiger partial charge < -0.3 is 4.74 Å². The van der Waals surface area contributed by atoms with Crippen LogP contribution in [0.25, 0.3) is 0 Å². The summed E-state index contributed by atoms with van der Waals surface area (Å²) >= 11 is 0. The summed E-state index contributed by atoms with van der Waals surface area (Å²) in [6, 6.07) is 6.24. The van der Waals surface area contributed by atoms with E-state index < -0.39 is 9.84 Å². The van der Waals surface area contributed by atoms with Gasteiger partial charge in [-0.25, -0.2) is 8.42 Å². The van der Waals surface area contributed by atoms with Crippen molar-refractivity contribution in [3.8, 4) is 0 Å². The third-order valence-corrected chi connectivity index (χ3v) is 4.20. The molecule has 4 nitrogen and oxygen atoms in total. The Labute approximate surface area is 106 Å². The van der Waals surface area contributed by atoms with Crippen molar-refractivity contribution in [2.75, 3.05) is 13.2 Å². The molecule has 1 heterocycles. The number of rotatable bonds is 4. The summed E-state index contributed by atoms with van der Waals surface area (Å²) in [6.07, 6.45) is 0.824. The number of ketones is 1. The maximum Gasteiger partial charge on any atom is 0.201 e. The van der Waals surface area contributed by atoms with Gasteiger partial charge in [0.1, 0.15) is 0 Å². The number of fused-ring (bicyclic) bond motifs is 1. The van der Waals surface area contributed by atoms with Crippen LogP contribution in [0.1, 0.15) is 23.7 Å².